The van der Waals surface area contributed by atoms with Gasteiger partial charge in [0.2, 0.25) is 5.91 Å². The number of carbonyl (C=O) groups is 2. The smallest absolute Gasteiger partial charge is 0.251 e. The first-order chi connectivity index (χ1) is 13.3. The van der Waals surface area contributed by atoms with E-state index in [1.165, 1.54) is 5.56 Å². The topological polar surface area (TPSA) is 65.5 Å². The summed E-state index contributed by atoms with van der Waals surface area (Å²) in [6.45, 7) is 9.28. The third-order valence-electron chi connectivity index (χ3n) is 5.07. The summed E-state index contributed by atoms with van der Waals surface area (Å²) in [5, 5.41) is 2.75. The van der Waals surface area contributed by atoms with Crippen molar-refractivity contribution in [2.75, 3.05) is 37.6 Å². The zero-order valence-corrected chi connectivity index (χ0v) is 16.8. The average Bonchev–Trinajstić information content (AvgIpc) is 2.72. The monoisotopic (exact) mass is 380 g/mol. The molecule has 1 aliphatic heterocycles. The standard InChI is InChI=1S/C22H28N4O2/c1-22(2,3)18-6-4-17(5-7-18)21(28)24-16-20(27)26-14-12-25(13-15-26)19-8-10-23-11-9-19/h4-11H,12-16H2,1-3H3,(H,24,28). The lowest BCUT2D eigenvalue weighted by Crippen LogP contribution is -2.51. The lowest BCUT2D eigenvalue weighted by molar-refractivity contribution is -0.130. The number of amides is 2. The normalized spacial score (nSPS) is 14.7. The first-order valence-electron chi connectivity index (χ1n) is 9.66. The Balaban J connectivity index is 1.47. The van der Waals surface area contributed by atoms with Crippen molar-refractivity contribution in [3.63, 3.8) is 0 Å². The molecule has 0 atom stereocenters. The molecule has 0 saturated carbocycles. The lowest BCUT2D eigenvalue weighted by atomic mass is 9.87. The molecule has 1 aliphatic rings. The summed E-state index contributed by atoms with van der Waals surface area (Å²) in [5.41, 5.74) is 2.91. The Morgan fingerprint density at radius 2 is 1.57 bits per heavy atom. The summed E-state index contributed by atoms with van der Waals surface area (Å²) in [6, 6.07) is 11.5. The van der Waals surface area contributed by atoms with Crippen LogP contribution in [0.4, 0.5) is 5.69 Å². The van der Waals surface area contributed by atoms with Crippen LogP contribution in [-0.2, 0) is 10.2 Å². The van der Waals surface area contributed by atoms with Gasteiger partial charge in [-0.3, -0.25) is 14.6 Å². The third kappa shape index (κ3) is 4.88. The van der Waals surface area contributed by atoms with E-state index in [-0.39, 0.29) is 23.8 Å². The maximum atomic E-state index is 12.4. The Morgan fingerprint density at radius 1 is 0.964 bits per heavy atom. The molecule has 2 aromatic rings. The van der Waals surface area contributed by atoms with Gasteiger partial charge in [0.1, 0.15) is 0 Å². The number of hydrogen-bond acceptors (Lipinski definition) is 4. The fraction of sp³-hybridized carbons (Fsp3) is 0.409. The van der Waals surface area contributed by atoms with Crippen LogP contribution in [0, 0.1) is 0 Å². The molecule has 6 nitrogen and oxygen atoms in total. The number of hydrogen-bond donors (Lipinski definition) is 1. The SMILES string of the molecule is CC(C)(C)c1ccc(C(=O)NCC(=O)N2CCN(c3ccncc3)CC2)cc1. The highest BCUT2D eigenvalue weighted by Gasteiger charge is 2.22. The van der Waals surface area contributed by atoms with E-state index in [1.807, 2.05) is 36.4 Å². The van der Waals surface area contributed by atoms with Gasteiger partial charge in [0.25, 0.3) is 5.91 Å². The van der Waals surface area contributed by atoms with Gasteiger partial charge in [-0.1, -0.05) is 32.9 Å². The van der Waals surface area contributed by atoms with Crippen molar-refractivity contribution < 1.29 is 9.59 Å². The van der Waals surface area contributed by atoms with E-state index < -0.39 is 0 Å². The molecule has 1 fully saturated rings. The number of nitrogens with one attached hydrogen (secondary N) is 1. The predicted molar refractivity (Wildman–Crippen MR) is 111 cm³/mol. The molecule has 3 rings (SSSR count). The van der Waals surface area contributed by atoms with Crippen molar-refractivity contribution in [2.24, 2.45) is 0 Å². The molecule has 1 saturated heterocycles. The van der Waals surface area contributed by atoms with E-state index in [9.17, 15) is 9.59 Å². The molecule has 148 valence electrons. The molecule has 1 N–H and O–H groups in total. The molecule has 6 heteroatoms. The molecular formula is C22H28N4O2. The number of aromatic nitrogens is 1. The first kappa shape index (κ1) is 19.9. The van der Waals surface area contributed by atoms with Crippen molar-refractivity contribution in [3.8, 4) is 0 Å². The Kier molecular flexibility index (Phi) is 5.97. The predicted octanol–water partition coefficient (Wildman–Crippen LogP) is 2.46. The minimum atomic E-state index is -0.218. The molecule has 1 aromatic carbocycles. The Morgan fingerprint density at radius 3 is 2.14 bits per heavy atom. The van der Waals surface area contributed by atoms with Crippen LogP contribution in [0.25, 0.3) is 0 Å². The lowest BCUT2D eigenvalue weighted by Gasteiger charge is -2.36. The van der Waals surface area contributed by atoms with Crippen LogP contribution < -0.4 is 10.2 Å². The first-order valence-corrected chi connectivity index (χ1v) is 9.66. The minimum absolute atomic E-state index is 0.0229. The third-order valence-corrected chi connectivity index (χ3v) is 5.07. The van der Waals surface area contributed by atoms with Crippen LogP contribution >= 0.6 is 0 Å². The highest BCUT2D eigenvalue weighted by Crippen LogP contribution is 2.22. The second-order valence-electron chi connectivity index (χ2n) is 8.08. The molecule has 0 radical (unpaired) electrons. The molecule has 0 aliphatic carbocycles. The quantitative estimate of drug-likeness (QED) is 0.885. The van der Waals surface area contributed by atoms with Crippen LogP contribution in [0.15, 0.2) is 48.8 Å². The number of rotatable bonds is 4. The van der Waals surface area contributed by atoms with Crippen molar-refractivity contribution in [1.29, 1.82) is 0 Å². The summed E-state index contributed by atoms with van der Waals surface area (Å²) >= 11 is 0. The summed E-state index contributed by atoms with van der Waals surface area (Å²) < 4.78 is 0. The van der Waals surface area contributed by atoms with Crippen molar-refractivity contribution in [3.05, 3.63) is 59.9 Å². The minimum Gasteiger partial charge on any atom is -0.368 e. The van der Waals surface area contributed by atoms with Crippen LogP contribution in [0.5, 0.6) is 0 Å². The van der Waals surface area contributed by atoms with E-state index in [1.54, 1.807) is 17.3 Å². The van der Waals surface area contributed by atoms with Gasteiger partial charge in [0, 0.05) is 49.8 Å². The number of nitrogens with zero attached hydrogens (tertiary/aromatic N) is 3. The summed E-state index contributed by atoms with van der Waals surface area (Å²) in [5.74, 6) is -0.265. The molecule has 0 bridgehead atoms. The van der Waals surface area contributed by atoms with Gasteiger partial charge in [0.05, 0.1) is 6.54 Å². The highest BCUT2D eigenvalue weighted by molar-refractivity contribution is 5.96. The Hall–Kier alpha value is -2.89. The summed E-state index contributed by atoms with van der Waals surface area (Å²) in [6.07, 6.45) is 3.55. The van der Waals surface area contributed by atoms with E-state index in [4.69, 9.17) is 0 Å². The maximum absolute atomic E-state index is 12.4. The maximum Gasteiger partial charge on any atom is 0.251 e. The van der Waals surface area contributed by atoms with Crippen LogP contribution in [0.3, 0.4) is 0 Å². The van der Waals surface area contributed by atoms with Crippen LogP contribution in [0.2, 0.25) is 0 Å². The van der Waals surface area contributed by atoms with Crippen molar-refractivity contribution in [1.82, 2.24) is 15.2 Å². The Bertz CT molecular complexity index is 805. The fourth-order valence-corrected chi connectivity index (χ4v) is 3.26. The molecule has 0 unspecified atom stereocenters. The van der Waals surface area contributed by atoms with E-state index in [0.717, 1.165) is 18.8 Å². The summed E-state index contributed by atoms with van der Waals surface area (Å²) in [7, 11) is 0. The molecule has 0 spiro atoms. The second-order valence-corrected chi connectivity index (χ2v) is 8.08. The number of anilines is 1. The van der Waals surface area contributed by atoms with Crippen LogP contribution in [-0.4, -0.2) is 54.4 Å². The molecule has 2 amide bonds. The zero-order valence-electron chi connectivity index (χ0n) is 16.8. The van der Waals surface area contributed by atoms with Gasteiger partial charge in [-0.05, 0) is 35.2 Å². The zero-order chi connectivity index (χ0) is 20.1. The molecular weight excluding hydrogens is 352 g/mol. The number of benzene rings is 1. The van der Waals surface area contributed by atoms with E-state index in [2.05, 4.69) is 36.0 Å². The number of pyridine rings is 1. The van der Waals surface area contributed by atoms with Gasteiger partial charge in [-0.2, -0.15) is 0 Å². The van der Waals surface area contributed by atoms with Crippen LogP contribution in [0.1, 0.15) is 36.7 Å². The average molecular weight is 380 g/mol. The van der Waals surface area contributed by atoms with Gasteiger partial charge in [0.15, 0.2) is 0 Å². The fourth-order valence-electron chi connectivity index (χ4n) is 3.26. The second kappa shape index (κ2) is 8.42. The molecule has 28 heavy (non-hydrogen) atoms. The van der Waals surface area contributed by atoms with Crippen molar-refractivity contribution >= 4 is 17.5 Å². The molecule has 1 aromatic heterocycles. The number of carbonyl (C=O) groups excluding carboxylic acids is 2. The van der Waals surface area contributed by atoms with Gasteiger partial charge in [-0.25, -0.2) is 0 Å². The Labute approximate surface area is 166 Å². The van der Waals surface area contributed by atoms with Gasteiger partial charge < -0.3 is 15.1 Å². The van der Waals surface area contributed by atoms with E-state index >= 15 is 0 Å². The van der Waals surface area contributed by atoms with Gasteiger partial charge >= 0.3 is 0 Å². The van der Waals surface area contributed by atoms with Gasteiger partial charge in [-0.15, -0.1) is 0 Å². The number of piperazine rings is 1. The van der Waals surface area contributed by atoms with Crippen molar-refractivity contribution in [2.45, 2.75) is 26.2 Å². The summed E-state index contributed by atoms with van der Waals surface area (Å²) in [4.78, 5) is 32.9. The van der Waals surface area contributed by atoms with E-state index in [0.29, 0.717) is 18.7 Å². The molecule has 2 heterocycles. The largest absolute Gasteiger partial charge is 0.368 e. The highest BCUT2D eigenvalue weighted by atomic mass is 16.2.